The summed E-state index contributed by atoms with van der Waals surface area (Å²) in [5.74, 6) is 0. The second kappa shape index (κ2) is 7.90. The number of rotatable bonds is 8. The van der Waals surface area contributed by atoms with Gasteiger partial charge in [-0.15, -0.1) is 0 Å². The predicted molar refractivity (Wildman–Crippen MR) is 56.2 cm³/mol. The number of ether oxygens (including phenoxy) is 1. The maximum atomic E-state index is 11.9. The van der Waals surface area contributed by atoms with Gasteiger partial charge >= 0.3 is 6.18 Å². The lowest BCUT2D eigenvalue weighted by Crippen LogP contribution is -2.22. The number of unbranched alkanes of at least 4 members (excludes halogenated alkanes) is 1. The molecule has 2 nitrogen and oxygen atoms in total. The van der Waals surface area contributed by atoms with E-state index in [4.69, 9.17) is 4.74 Å². The van der Waals surface area contributed by atoms with E-state index in [-0.39, 0.29) is 12.7 Å². The summed E-state index contributed by atoms with van der Waals surface area (Å²) in [5.41, 5.74) is 0. The SMILES string of the molecule is CCCCC(CC(C)O)OCCC(F)(F)F. The Morgan fingerprint density at radius 1 is 1.31 bits per heavy atom. The minimum Gasteiger partial charge on any atom is -0.393 e. The van der Waals surface area contributed by atoms with Crippen LogP contribution in [0, 0.1) is 0 Å². The summed E-state index contributed by atoms with van der Waals surface area (Å²) in [4.78, 5) is 0. The highest BCUT2D eigenvalue weighted by Gasteiger charge is 2.27. The zero-order valence-electron chi connectivity index (χ0n) is 9.89. The molecule has 5 heteroatoms. The number of aliphatic hydroxyl groups is 1. The average Bonchev–Trinajstić information content (AvgIpc) is 2.11. The van der Waals surface area contributed by atoms with Crippen molar-refractivity contribution in [3.05, 3.63) is 0 Å². The van der Waals surface area contributed by atoms with E-state index in [1.807, 2.05) is 6.92 Å². The molecule has 0 aromatic rings. The fourth-order valence-electron chi connectivity index (χ4n) is 1.42. The van der Waals surface area contributed by atoms with Gasteiger partial charge in [0.05, 0.1) is 25.2 Å². The molecule has 0 heterocycles. The van der Waals surface area contributed by atoms with E-state index in [2.05, 4.69) is 0 Å². The molecule has 0 saturated carbocycles. The molecule has 0 aliphatic rings. The van der Waals surface area contributed by atoms with Crippen molar-refractivity contribution in [1.82, 2.24) is 0 Å². The highest BCUT2D eigenvalue weighted by atomic mass is 19.4. The molecule has 0 fully saturated rings. The monoisotopic (exact) mass is 242 g/mol. The largest absolute Gasteiger partial charge is 0.393 e. The second-order valence-electron chi connectivity index (χ2n) is 4.08. The number of hydrogen-bond donors (Lipinski definition) is 1. The molecule has 2 unspecified atom stereocenters. The van der Waals surface area contributed by atoms with Gasteiger partial charge in [0, 0.05) is 0 Å². The van der Waals surface area contributed by atoms with Gasteiger partial charge in [0.25, 0.3) is 0 Å². The van der Waals surface area contributed by atoms with Gasteiger partial charge in [-0.2, -0.15) is 13.2 Å². The Hall–Kier alpha value is -0.290. The van der Waals surface area contributed by atoms with Crippen LogP contribution < -0.4 is 0 Å². The predicted octanol–water partition coefficient (Wildman–Crippen LogP) is 3.29. The summed E-state index contributed by atoms with van der Waals surface area (Å²) in [5, 5.41) is 9.18. The second-order valence-corrected chi connectivity index (χ2v) is 4.08. The molecule has 0 bridgehead atoms. The number of alkyl halides is 3. The maximum Gasteiger partial charge on any atom is 0.391 e. The van der Waals surface area contributed by atoms with Gasteiger partial charge in [0.1, 0.15) is 0 Å². The molecule has 0 amide bonds. The Morgan fingerprint density at radius 2 is 1.94 bits per heavy atom. The van der Waals surface area contributed by atoms with Crippen LogP contribution in [0.15, 0.2) is 0 Å². The van der Waals surface area contributed by atoms with E-state index in [1.165, 1.54) is 0 Å². The molecule has 0 aliphatic heterocycles. The first-order valence-electron chi connectivity index (χ1n) is 5.71. The van der Waals surface area contributed by atoms with Crippen molar-refractivity contribution in [1.29, 1.82) is 0 Å². The van der Waals surface area contributed by atoms with Crippen molar-refractivity contribution in [2.45, 2.75) is 64.3 Å². The third-order valence-corrected chi connectivity index (χ3v) is 2.22. The lowest BCUT2D eigenvalue weighted by atomic mass is 10.1. The molecule has 2 atom stereocenters. The molecule has 1 N–H and O–H groups in total. The van der Waals surface area contributed by atoms with Crippen LogP contribution in [0.1, 0.15) is 46.0 Å². The van der Waals surface area contributed by atoms with Gasteiger partial charge in [-0.25, -0.2) is 0 Å². The van der Waals surface area contributed by atoms with Gasteiger partial charge in [0.15, 0.2) is 0 Å². The lowest BCUT2D eigenvalue weighted by Gasteiger charge is -2.19. The smallest absolute Gasteiger partial charge is 0.391 e. The summed E-state index contributed by atoms with van der Waals surface area (Å²) in [6.07, 6.45) is -2.90. The molecule has 0 spiro atoms. The number of hydrogen-bond acceptors (Lipinski definition) is 2. The number of aliphatic hydroxyl groups excluding tert-OH is 1. The Balaban J connectivity index is 3.82. The molecule has 0 radical (unpaired) electrons. The van der Waals surface area contributed by atoms with E-state index >= 15 is 0 Å². The van der Waals surface area contributed by atoms with Crippen LogP contribution in [0.3, 0.4) is 0 Å². The zero-order chi connectivity index (χ0) is 12.6. The van der Waals surface area contributed by atoms with Gasteiger partial charge in [-0.05, 0) is 19.8 Å². The van der Waals surface area contributed by atoms with E-state index in [0.717, 1.165) is 12.8 Å². The van der Waals surface area contributed by atoms with Crippen LogP contribution in [0.25, 0.3) is 0 Å². The third kappa shape index (κ3) is 10.2. The van der Waals surface area contributed by atoms with Crippen molar-refractivity contribution < 1.29 is 23.0 Å². The molecule has 16 heavy (non-hydrogen) atoms. The summed E-state index contributed by atoms with van der Waals surface area (Å²) in [6.45, 7) is 3.31. The molecular formula is C11H21F3O2. The zero-order valence-corrected chi connectivity index (χ0v) is 9.89. The molecule has 98 valence electrons. The summed E-state index contributed by atoms with van der Waals surface area (Å²) in [6, 6.07) is 0. The van der Waals surface area contributed by atoms with Crippen LogP contribution in [0.4, 0.5) is 13.2 Å². The first-order chi connectivity index (χ1) is 7.35. The topological polar surface area (TPSA) is 29.5 Å². The molecule has 0 rings (SSSR count). The van der Waals surface area contributed by atoms with Gasteiger partial charge in [-0.1, -0.05) is 19.8 Å². The molecule has 0 saturated heterocycles. The van der Waals surface area contributed by atoms with Gasteiger partial charge in [0.2, 0.25) is 0 Å². The molecule has 0 aromatic heterocycles. The molecule has 0 aliphatic carbocycles. The average molecular weight is 242 g/mol. The summed E-state index contributed by atoms with van der Waals surface area (Å²) >= 11 is 0. The Labute approximate surface area is 94.8 Å². The normalized spacial score (nSPS) is 16.1. The first kappa shape index (κ1) is 15.7. The van der Waals surface area contributed by atoms with E-state index in [9.17, 15) is 18.3 Å². The minimum atomic E-state index is -4.17. The third-order valence-electron chi connectivity index (χ3n) is 2.22. The minimum absolute atomic E-state index is 0.262. The van der Waals surface area contributed by atoms with Gasteiger partial charge < -0.3 is 9.84 Å². The van der Waals surface area contributed by atoms with Crippen LogP contribution >= 0.6 is 0 Å². The Morgan fingerprint density at radius 3 is 2.38 bits per heavy atom. The Bertz CT molecular complexity index is 169. The van der Waals surface area contributed by atoms with Crippen LogP contribution in [0.2, 0.25) is 0 Å². The van der Waals surface area contributed by atoms with Crippen molar-refractivity contribution in [2.75, 3.05) is 6.61 Å². The first-order valence-corrected chi connectivity index (χ1v) is 5.71. The van der Waals surface area contributed by atoms with Crippen LogP contribution in [0.5, 0.6) is 0 Å². The quantitative estimate of drug-likeness (QED) is 0.707. The molecular weight excluding hydrogens is 221 g/mol. The van der Waals surface area contributed by atoms with Crippen LogP contribution in [-0.4, -0.2) is 30.1 Å². The summed E-state index contributed by atoms with van der Waals surface area (Å²) < 4.78 is 40.8. The lowest BCUT2D eigenvalue weighted by molar-refractivity contribution is -0.150. The highest BCUT2D eigenvalue weighted by Crippen LogP contribution is 2.20. The van der Waals surface area contributed by atoms with E-state index in [1.54, 1.807) is 6.92 Å². The Kier molecular flexibility index (Phi) is 7.76. The molecule has 0 aromatic carbocycles. The van der Waals surface area contributed by atoms with E-state index in [0.29, 0.717) is 12.8 Å². The summed E-state index contributed by atoms with van der Waals surface area (Å²) in [7, 11) is 0. The van der Waals surface area contributed by atoms with E-state index < -0.39 is 18.7 Å². The van der Waals surface area contributed by atoms with Crippen molar-refractivity contribution in [3.63, 3.8) is 0 Å². The highest BCUT2D eigenvalue weighted by molar-refractivity contribution is 4.63. The number of halogens is 3. The van der Waals surface area contributed by atoms with Crippen molar-refractivity contribution >= 4 is 0 Å². The maximum absolute atomic E-state index is 11.9. The van der Waals surface area contributed by atoms with Crippen LogP contribution in [-0.2, 0) is 4.74 Å². The van der Waals surface area contributed by atoms with Gasteiger partial charge in [-0.3, -0.25) is 0 Å². The van der Waals surface area contributed by atoms with Crippen molar-refractivity contribution in [2.24, 2.45) is 0 Å². The fourth-order valence-corrected chi connectivity index (χ4v) is 1.42. The van der Waals surface area contributed by atoms with Crippen molar-refractivity contribution in [3.8, 4) is 0 Å². The standard InChI is InChI=1S/C11H21F3O2/c1-3-4-5-10(8-9(2)15)16-7-6-11(12,13)14/h9-10,15H,3-8H2,1-2H3. The fraction of sp³-hybridized carbons (Fsp3) is 1.00.